The molecule has 7 heteroatoms. The van der Waals surface area contributed by atoms with E-state index in [-0.39, 0.29) is 24.3 Å². The number of aryl methyl sites for hydroxylation is 1. The summed E-state index contributed by atoms with van der Waals surface area (Å²) < 4.78 is 11.0. The topological polar surface area (TPSA) is 63.0 Å². The number of furan rings is 1. The average Bonchev–Trinajstić information content (AvgIpc) is 3.22. The Balaban J connectivity index is 1.55. The van der Waals surface area contributed by atoms with Crippen LogP contribution in [0.25, 0.3) is 0 Å². The van der Waals surface area contributed by atoms with E-state index in [1.54, 1.807) is 21.9 Å². The molecule has 1 fully saturated rings. The normalized spacial score (nSPS) is 14.5. The van der Waals surface area contributed by atoms with Crippen LogP contribution in [0, 0.1) is 6.92 Å². The van der Waals surface area contributed by atoms with E-state index >= 15 is 0 Å². The first-order chi connectivity index (χ1) is 13.4. The van der Waals surface area contributed by atoms with Gasteiger partial charge in [-0.3, -0.25) is 9.59 Å². The van der Waals surface area contributed by atoms with Gasteiger partial charge in [-0.25, -0.2) is 0 Å². The highest BCUT2D eigenvalue weighted by Crippen LogP contribution is 2.32. The number of halogens is 1. The third kappa shape index (κ3) is 4.50. The first-order valence-corrected chi connectivity index (χ1v) is 9.78. The summed E-state index contributed by atoms with van der Waals surface area (Å²) in [6, 6.07) is 7.12. The van der Waals surface area contributed by atoms with Crippen LogP contribution >= 0.6 is 11.6 Å². The van der Waals surface area contributed by atoms with Crippen LogP contribution in [-0.2, 0) is 4.79 Å². The molecule has 0 unspecified atom stereocenters. The fraction of sp³-hybridized carbons (Fsp3) is 0.429. The fourth-order valence-electron chi connectivity index (χ4n) is 3.19. The molecule has 0 spiro atoms. The van der Waals surface area contributed by atoms with Gasteiger partial charge in [-0.05, 0) is 48.2 Å². The lowest BCUT2D eigenvalue weighted by atomic mass is 10.0. The van der Waals surface area contributed by atoms with E-state index in [1.165, 1.54) is 6.26 Å². The van der Waals surface area contributed by atoms with E-state index in [4.69, 9.17) is 20.8 Å². The molecule has 0 radical (unpaired) electrons. The number of carbonyl (C=O) groups excluding carboxylic acids is 2. The lowest BCUT2D eigenvalue weighted by Gasteiger charge is -2.34. The Morgan fingerprint density at radius 2 is 1.86 bits per heavy atom. The van der Waals surface area contributed by atoms with Crippen LogP contribution in [0.2, 0.25) is 5.02 Å². The summed E-state index contributed by atoms with van der Waals surface area (Å²) in [7, 11) is 0. The third-order valence-corrected chi connectivity index (χ3v) is 5.32. The van der Waals surface area contributed by atoms with Crippen molar-refractivity contribution < 1.29 is 18.7 Å². The predicted molar refractivity (Wildman–Crippen MR) is 107 cm³/mol. The minimum Gasteiger partial charge on any atom is -0.483 e. The van der Waals surface area contributed by atoms with Crippen molar-refractivity contribution >= 4 is 23.4 Å². The van der Waals surface area contributed by atoms with Crippen molar-refractivity contribution in [1.82, 2.24) is 9.80 Å². The van der Waals surface area contributed by atoms with Gasteiger partial charge in [-0.2, -0.15) is 0 Å². The summed E-state index contributed by atoms with van der Waals surface area (Å²) >= 11 is 6.22. The number of hydrogen-bond acceptors (Lipinski definition) is 4. The maximum Gasteiger partial charge on any atom is 0.289 e. The second kappa shape index (κ2) is 8.69. The molecule has 3 rings (SSSR count). The van der Waals surface area contributed by atoms with Gasteiger partial charge in [0.1, 0.15) is 5.75 Å². The van der Waals surface area contributed by atoms with Gasteiger partial charge < -0.3 is 19.0 Å². The molecule has 1 aliphatic heterocycles. The van der Waals surface area contributed by atoms with Gasteiger partial charge in [0.05, 0.1) is 6.26 Å². The van der Waals surface area contributed by atoms with Gasteiger partial charge in [0.15, 0.2) is 12.4 Å². The SMILES string of the molecule is Cc1cc(OCC(=O)N2CCN(C(=O)c3ccco3)CC2)c(C(C)C)cc1Cl. The zero-order chi connectivity index (χ0) is 20.3. The smallest absolute Gasteiger partial charge is 0.289 e. The largest absolute Gasteiger partial charge is 0.483 e. The molecule has 1 aromatic heterocycles. The van der Waals surface area contributed by atoms with E-state index in [2.05, 4.69) is 13.8 Å². The summed E-state index contributed by atoms with van der Waals surface area (Å²) in [6.07, 6.45) is 1.48. The Morgan fingerprint density at radius 1 is 1.18 bits per heavy atom. The lowest BCUT2D eigenvalue weighted by Crippen LogP contribution is -2.51. The quantitative estimate of drug-likeness (QED) is 0.761. The van der Waals surface area contributed by atoms with Crippen LogP contribution < -0.4 is 4.74 Å². The van der Waals surface area contributed by atoms with Crippen LogP contribution in [-0.4, -0.2) is 54.4 Å². The van der Waals surface area contributed by atoms with E-state index in [0.29, 0.717) is 42.7 Å². The zero-order valence-electron chi connectivity index (χ0n) is 16.4. The van der Waals surface area contributed by atoms with Crippen molar-refractivity contribution in [3.8, 4) is 5.75 Å². The highest BCUT2D eigenvalue weighted by Gasteiger charge is 2.26. The minimum atomic E-state index is -0.147. The van der Waals surface area contributed by atoms with Crippen LogP contribution in [0.15, 0.2) is 34.9 Å². The molecule has 6 nitrogen and oxygen atoms in total. The van der Waals surface area contributed by atoms with Gasteiger partial charge in [0, 0.05) is 31.2 Å². The van der Waals surface area contributed by atoms with Crippen LogP contribution in [0.1, 0.15) is 41.4 Å². The van der Waals surface area contributed by atoms with Gasteiger partial charge >= 0.3 is 0 Å². The summed E-state index contributed by atoms with van der Waals surface area (Å²) in [4.78, 5) is 28.3. The molecule has 0 N–H and O–H groups in total. The predicted octanol–water partition coefficient (Wildman–Crippen LogP) is 3.73. The van der Waals surface area contributed by atoms with E-state index in [9.17, 15) is 9.59 Å². The third-order valence-electron chi connectivity index (χ3n) is 4.92. The second-order valence-electron chi connectivity index (χ2n) is 7.23. The number of carbonyl (C=O) groups is 2. The van der Waals surface area contributed by atoms with Crippen molar-refractivity contribution in [2.45, 2.75) is 26.7 Å². The maximum absolute atomic E-state index is 12.6. The molecule has 0 aliphatic carbocycles. The molecular formula is C21H25ClN2O4. The zero-order valence-corrected chi connectivity index (χ0v) is 17.2. The highest BCUT2D eigenvalue weighted by atomic mass is 35.5. The number of benzene rings is 1. The monoisotopic (exact) mass is 404 g/mol. The molecule has 28 heavy (non-hydrogen) atoms. The number of nitrogens with zero attached hydrogens (tertiary/aromatic N) is 2. The van der Waals surface area contributed by atoms with Crippen molar-refractivity contribution in [3.05, 3.63) is 52.4 Å². The van der Waals surface area contributed by atoms with Crippen molar-refractivity contribution in [1.29, 1.82) is 0 Å². The van der Waals surface area contributed by atoms with Crippen LogP contribution in [0.4, 0.5) is 0 Å². The fourth-order valence-corrected chi connectivity index (χ4v) is 3.36. The van der Waals surface area contributed by atoms with Gasteiger partial charge in [-0.15, -0.1) is 0 Å². The molecule has 1 aromatic carbocycles. The maximum atomic E-state index is 12.6. The van der Waals surface area contributed by atoms with Crippen molar-refractivity contribution in [3.63, 3.8) is 0 Å². The molecular weight excluding hydrogens is 380 g/mol. The summed E-state index contributed by atoms with van der Waals surface area (Å²) in [5.74, 6) is 1.01. The van der Waals surface area contributed by atoms with Gasteiger partial charge in [-0.1, -0.05) is 25.4 Å². The summed E-state index contributed by atoms with van der Waals surface area (Å²) in [6.45, 7) is 7.90. The first-order valence-electron chi connectivity index (χ1n) is 9.40. The Hall–Kier alpha value is -2.47. The van der Waals surface area contributed by atoms with Crippen LogP contribution in [0.3, 0.4) is 0 Å². The molecule has 2 amide bonds. The standard InChI is InChI=1S/C21H25ClN2O4/c1-14(2)16-12-17(22)15(3)11-19(16)28-13-20(25)23-6-8-24(9-7-23)21(26)18-5-4-10-27-18/h4-5,10-12,14H,6-9,13H2,1-3H3. The summed E-state index contributed by atoms with van der Waals surface area (Å²) in [5.41, 5.74) is 1.90. The van der Waals surface area contributed by atoms with E-state index in [1.807, 2.05) is 19.1 Å². The average molecular weight is 405 g/mol. The Labute approximate surface area is 170 Å². The molecule has 1 aliphatic rings. The van der Waals surface area contributed by atoms with Gasteiger partial charge in [0.2, 0.25) is 0 Å². The highest BCUT2D eigenvalue weighted by molar-refractivity contribution is 6.31. The number of ether oxygens (including phenoxy) is 1. The molecule has 2 aromatic rings. The van der Waals surface area contributed by atoms with E-state index < -0.39 is 0 Å². The molecule has 0 atom stereocenters. The van der Waals surface area contributed by atoms with Crippen LogP contribution in [0.5, 0.6) is 5.75 Å². The van der Waals surface area contributed by atoms with Gasteiger partial charge in [0.25, 0.3) is 11.8 Å². The molecule has 0 saturated carbocycles. The molecule has 0 bridgehead atoms. The number of rotatable bonds is 5. The minimum absolute atomic E-state index is 0.0348. The van der Waals surface area contributed by atoms with Crippen molar-refractivity contribution in [2.24, 2.45) is 0 Å². The van der Waals surface area contributed by atoms with E-state index in [0.717, 1.165) is 11.1 Å². The Kier molecular flexibility index (Phi) is 6.29. The molecule has 1 saturated heterocycles. The Morgan fingerprint density at radius 3 is 2.46 bits per heavy atom. The summed E-state index contributed by atoms with van der Waals surface area (Å²) in [5, 5.41) is 0.694. The first kappa shape index (κ1) is 20.3. The molecule has 150 valence electrons. The lowest BCUT2D eigenvalue weighted by molar-refractivity contribution is -0.134. The van der Waals surface area contributed by atoms with Crippen molar-refractivity contribution in [2.75, 3.05) is 32.8 Å². The number of amides is 2. The second-order valence-corrected chi connectivity index (χ2v) is 7.64. The molecule has 2 heterocycles. The Bertz CT molecular complexity index is 840. The number of piperazine rings is 1. The number of hydrogen-bond donors (Lipinski definition) is 0.